The van der Waals surface area contributed by atoms with Gasteiger partial charge in [0.05, 0.1) is 5.75 Å². The Bertz CT molecular complexity index is 540. The monoisotopic (exact) mass is 310 g/mol. The van der Waals surface area contributed by atoms with Gasteiger partial charge in [-0.1, -0.05) is 37.1 Å². The molecule has 0 saturated carbocycles. The summed E-state index contributed by atoms with van der Waals surface area (Å²) in [5, 5.41) is 3.09. The topological polar surface area (TPSA) is 49.4 Å². The van der Waals surface area contributed by atoms with Crippen molar-refractivity contribution in [3.63, 3.8) is 0 Å². The zero-order valence-corrected chi connectivity index (χ0v) is 13.8. The Morgan fingerprint density at radius 3 is 2.48 bits per heavy atom. The Kier molecular flexibility index (Phi) is 5.79. The highest BCUT2D eigenvalue weighted by Crippen LogP contribution is 2.22. The van der Waals surface area contributed by atoms with Gasteiger partial charge in [0.2, 0.25) is 10.0 Å². The van der Waals surface area contributed by atoms with Gasteiger partial charge in [-0.25, -0.2) is 8.42 Å². The van der Waals surface area contributed by atoms with Crippen molar-refractivity contribution in [3.8, 4) is 0 Å². The number of hydrogen-bond donors (Lipinski definition) is 1. The highest BCUT2D eigenvalue weighted by atomic mass is 32.2. The summed E-state index contributed by atoms with van der Waals surface area (Å²) in [4.78, 5) is 0. The molecule has 1 N–H and O–H groups in total. The van der Waals surface area contributed by atoms with E-state index in [4.69, 9.17) is 0 Å². The smallest absolute Gasteiger partial charge is 0.218 e. The average Bonchev–Trinajstić information content (AvgIpc) is 2.66. The summed E-state index contributed by atoms with van der Waals surface area (Å²) >= 11 is 0. The van der Waals surface area contributed by atoms with Gasteiger partial charge in [-0.3, -0.25) is 0 Å². The van der Waals surface area contributed by atoms with Gasteiger partial charge in [-0.15, -0.1) is 0 Å². The molecule has 5 heteroatoms. The van der Waals surface area contributed by atoms with Crippen LogP contribution in [0.3, 0.4) is 0 Å². The van der Waals surface area contributed by atoms with Gasteiger partial charge >= 0.3 is 0 Å². The van der Waals surface area contributed by atoms with E-state index in [9.17, 15) is 8.42 Å². The van der Waals surface area contributed by atoms with Crippen LogP contribution in [-0.2, 0) is 22.3 Å². The lowest BCUT2D eigenvalue weighted by Gasteiger charge is -2.26. The first kappa shape index (κ1) is 16.5. The van der Waals surface area contributed by atoms with Gasteiger partial charge < -0.3 is 5.32 Å². The maximum absolute atomic E-state index is 12.6. The van der Waals surface area contributed by atoms with E-state index in [1.807, 2.05) is 38.2 Å². The first-order valence-electron chi connectivity index (χ1n) is 7.75. The summed E-state index contributed by atoms with van der Waals surface area (Å²) in [7, 11) is -1.31. The molecular weight excluding hydrogens is 284 g/mol. The van der Waals surface area contributed by atoms with Gasteiger partial charge in [-0.2, -0.15) is 4.31 Å². The van der Waals surface area contributed by atoms with Gasteiger partial charge in [-0.05, 0) is 37.9 Å². The van der Waals surface area contributed by atoms with Crippen molar-refractivity contribution in [1.29, 1.82) is 0 Å². The molecule has 1 unspecified atom stereocenters. The third-order valence-electron chi connectivity index (χ3n) is 4.10. The van der Waals surface area contributed by atoms with E-state index in [2.05, 4.69) is 5.32 Å². The molecule has 0 amide bonds. The standard InChI is InChI=1S/C16H26N2O2S/c1-14-6-4-3-5-11-18(14)21(19,20)13-16-9-7-15(8-10-16)12-17-2/h7-10,14,17H,3-6,11-13H2,1-2H3. The predicted molar refractivity (Wildman–Crippen MR) is 86.5 cm³/mol. The van der Waals surface area contributed by atoms with E-state index in [1.54, 1.807) is 4.31 Å². The zero-order chi connectivity index (χ0) is 15.3. The summed E-state index contributed by atoms with van der Waals surface area (Å²) in [6.07, 6.45) is 4.21. The van der Waals surface area contributed by atoms with E-state index in [1.165, 1.54) is 5.56 Å². The molecule has 0 bridgehead atoms. The molecule has 0 aliphatic carbocycles. The fraction of sp³-hybridized carbons (Fsp3) is 0.625. The fourth-order valence-electron chi connectivity index (χ4n) is 2.91. The first-order chi connectivity index (χ1) is 10.0. The van der Waals surface area contributed by atoms with Crippen LogP contribution < -0.4 is 5.32 Å². The molecule has 118 valence electrons. The van der Waals surface area contributed by atoms with E-state index < -0.39 is 10.0 Å². The molecule has 4 nitrogen and oxygen atoms in total. The summed E-state index contributed by atoms with van der Waals surface area (Å²) < 4.78 is 27.0. The van der Waals surface area contributed by atoms with Crippen LogP contribution in [0.25, 0.3) is 0 Å². The van der Waals surface area contributed by atoms with Crippen LogP contribution in [0.1, 0.15) is 43.7 Å². The van der Waals surface area contributed by atoms with Crippen molar-refractivity contribution in [1.82, 2.24) is 9.62 Å². The lowest BCUT2D eigenvalue weighted by Crippen LogP contribution is -2.38. The minimum Gasteiger partial charge on any atom is -0.316 e. The Balaban J connectivity index is 2.08. The molecule has 0 spiro atoms. The number of nitrogens with zero attached hydrogens (tertiary/aromatic N) is 1. The molecule has 1 atom stereocenters. The summed E-state index contributed by atoms with van der Waals surface area (Å²) in [5.74, 6) is 0.108. The minimum absolute atomic E-state index is 0.108. The molecule has 1 heterocycles. The number of rotatable bonds is 5. The van der Waals surface area contributed by atoms with Crippen LogP contribution in [0, 0.1) is 0 Å². The molecule has 1 aromatic rings. The van der Waals surface area contributed by atoms with Crippen LogP contribution in [-0.4, -0.2) is 32.4 Å². The highest BCUT2D eigenvalue weighted by Gasteiger charge is 2.28. The van der Waals surface area contributed by atoms with Crippen LogP contribution >= 0.6 is 0 Å². The molecular formula is C16H26N2O2S. The van der Waals surface area contributed by atoms with E-state index in [-0.39, 0.29) is 11.8 Å². The molecule has 0 radical (unpaired) electrons. The molecule has 0 aromatic heterocycles. The second-order valence-electron chi connectivity index (χ2n) is 5.91. The van der Waals surface area contributed by atoms with Crippen LogP contribution in [0.5, 0.6) is 0 Å². The quantitative estimate of drug-likeness (QED) is 0.909. The highest BCUT2D eigenvalue weighted by molar-refractivity contribution is 7.88. The third-order valence-corrected chi connectivity index (χ3v) is 6.06. The fourth-order valence-corrected chi connectivity index (χ4v) is 4.75. The van der Waals surface area contributed by atoms with Crippen LogP contribution in [0.4, 0.5) is 0 Å². The van der Waals surface area contributed by atoms with Gasteiger partial charge in [0.25, 0.3) is 0 Å². The lowest BCUT2D eigenvalue weighted by molar-refractivity contribution is 0.341. The Labute approximate surface area is 128 Å². The summed E-state index contributed by atoms with van der Waals surface area (Å²) in [6.45, 7) is 3.50. The molecule has 1 aliphatic heterocycles. The number of sulfonamides is 1. The predicted octanol–water partition coefficient (Wildman–Crippen LogP) is 2.50. The van der Waals surface area contributed by atoms with E-state index in [0.717, 1.165) is 37.8 Å². The molecule has 1 fully saturated rings. The Hall–Kier alpha value is -0.910. The molecule has 21 heavy (non-hydrogen) atoms. The SMILES string of the molecule is CNCc1ccc(CS(=O)(=O)N2CCCCCC2C)cc1. The van der Waals surface area contributed by atoms with Crippen molar-refractivity contribution in [2.75, 3.05) is 13.6 Å². The van der Waals surface area contributed by atoms with E-state index in [0.29, 0.717) is 6.54 Å². The van der Waals surface area contributed by atoms with Crippen molar-refractivity contribution in [3.05, 3.63) is 35.4 Å². The maximum atomic E-state index is 12.6. The normalized spacial score (nSPS) is 21.1. The molecule has 1 aliphatic rings. The van der Waals surface area contributed by atoms with Crippen LogP contribution in [0.15, 0.2) is 24.3 Å². The second kappa shape index (κ2) is 7.38. The number of hydrogen-bond acceptors (Lipinski definition) is 3. The van der Waals surface area contributed by atoms with Crippen molar-refractivity contribution in [2.45, 2.75) is 50.9 Å². The van der Waals surface area contributed by atoms with Crippen molar-refractivity contribution < 1.29 is 8.42 Å². The minimum atomic E-state index is -3.22. The molecule has 1 saturated heterocycles. The maximum Gasteiger partial charge on any atom is 0.218 e. The molecule has 1 aromatic carbocycles. The summed E-state index contributed by atoms with van der Waals surface area (Å²) in [5.41, 5.74) is 2.04. The summed E-state index contributed by atoms with van der Waals surface area (Å²) in [6, 6.07) is 7.96. The van der Waals surface area contributed by atoms with Gasteiger partial charge in [0.15, 0.2) is 0 Å². The number of benzene rings is 1. The van der Waals surface area contributed by atoms with Crippen molar-refractivity contribution in [2.24, 2.45) is 0 Å². The van der Waals surface area contributed by atoms with Crippen LogP contribution in [0.2, 0.25) is 0 Å². The zero-order valence-electron chi connectivity index (χ0n) is 13.0. The lowest BCUT2D eigenvalue weighted by atomic mass is 10.1. The Morgan fingerprint density at radius 1 is 1.14 bits per heavy atom. The molecule has 2 rings (SSSR count). The Morgan fingerprint density at radius 2 is 1.81 bits per heavy atom. The average molecular weight is 310 g/mol. The van der Waals surface area contributed by atoms with Crippen molar-refractivity contribution >= 4 is 10.0 Å². The largest absolute Gasteiger partial charge is 0.316 e. The van der Waals surface area contributed by atoms with E-state index >= 15 is 0 Å². The first-order valence-corrected chi connectivity index (χ1v) is 9.36. The van der Waals surface area contributed by atoms with Gasteiger partial charge in [0.1, 0.15) is 0 Å². The van der Waals surface area contributed by atoms with Gasteiger partial charge in [0, 0.05) is 19.1 Å². The second-order valence-corrected chi connectivity index (χ2v) is 7.83. The third kappa shape index (κ3) is 4.53. The number of nitrogens with one attached hydrogen (secondary N) is 1.